The van der Waals surface area contributed by atoms with Crippen molar-refractivity contribution in [1.82, 2.24) is 9.38 Å². The molecule has 5 rings (SSSR count). The highest BCUT2D eigenvalue weighted by atomic mass is 16.5. The molecule has 0 aliphatic carbocycles. The summed E-state index contributed by atoms with van der Waals surface area (Å²) in [5.41, 5.74) is 2.89. The van der Waals surface area contributed by atoms with Gasteiger partial charge in [0.25, 0.3) is 5.91 Å². The van der Waals surface area contributed by atoms with E-state index in [1.54, 1.807) is 36.4 Å². The number of benzene rings is 2. The number of ether oxygens (including phenoxy) is 1. The van der Waals surface area contributed by atoms with Crippen molar-refractivity contribution in [3.05, 3.63) is 95.1 Å². The van der Waals surface area contributed by atoms with Crippen molar-refractivity contribution in [3.8, 4) is 17.0 Å². The Kier molecular flexibility index (Phi) is 4.48. The summed E-state index contributed by atoms with van der Waals surface area (Å²) in [4.78, 5) is 29.8. The Morgan fingerprint density at radius 2 is 1.90 bits per heavy atom. The Morgan fingerprint density at radius 1 is 1.06 bits per heavy atom. The number of imidazole rings is 1. The molecule has 0 bridgehead atoms. The Balaban J connectivity index is 1.51. The molecule has 0 saturated carbocycles. The first-order chi connectivity index (χ1) is 15.1. The van der Waals surface area contributed by atoms with Crippen molar-refractivity contribution in [2.75, 3.05) is 12.4 Å². The molecule has 0 atom stereocenters. The van der Waals surface area contributed by atoms with Gasteiger partial charge in [-0.3, -0.25) is 9.59 Å². The van der Waals surface area contributed by atoms with E-state index < -0.39 is 5.91 Å². The van der Waals surface area contributed by atoms with Gasteiger partial charge in [-0.25, -0.2) is 4.98 Å². The molecule has 3 aromatic heterocycles. The van der Waals surface area contributed by atoms with Crippen molar-refractivity contribution >= 4 is 28.2 Å². The molecular weight excluding hydrogens is 394 g/mol. The molecule has 152 valence electrons. The van der Waals surface area contributed by atoms with Gasteiger partial charge in [0.2, 0.25) is 0 Å². The van der Waals surface area contributed by atoms with Crippen LogP contribution in [-0.2, 0) is 0 Å². The predicted molar refractivity (Wildman–Crippen MR) is 118 cm³/mol. The number of aromatic nitrogens is 2. The van der Waals surface area contributed by atoms with Gasteiger partial charge in [-0.05, 0) is 42.5 Å². The van der Waals surface area contributed by atoms with Crippen LogP contribution in [-0.4, -0.2) is 22.4 Å². The van der Waals surface area contributed by atoms with Crippen LogP contribution in [0.5, 0.6) is 5.75 Å². The van der Waals surface area contributed by atoms with Crippen LogP contribution in [0.2, 0.25) is 0 Å². The fraction of sp³-hybridized carbons (Fsp3) is 0.0417. The summed E-state index contributed by atoms with van der Waals surface area (Å²) in [6, 6.07) is 19.1. The molecule has 7 heteroatoms. The topological polar surface area (TPSA) is 85.8 Å². The van der Waals surface area contributed by atoms with Gasteiger partial charge in [-0.2, -0.15) is 0 Å². The zero-order valence-corrected chi connectivity index (χ0v) is 16.5. The molecule has 31 heavy (non-hydrogen) atoms. The van der Waals surface area contributed by atoms with E-state index in [-0.39, 0.29) is 11.2 Å². The van der Waals surface area contributed by atoms with E-state index in [1.165, 1.54) is 13.2 Å². The zero-order valence-electron chi connectivity index (χ0n) is 16.5. The minimum Gasteiger partial charge on any atom is -0.495 e. The predicted octanol–water partition coefficient (Wildman–Crippen LogP) is 4.37. The van der Waals surface area contributed by atoms with Crippen LogP contribution < -0.4 is 15.5 Å². The summed E-state index contributed by atoms with van der Waals surface area (Å²) in [5, 5.41) is 3.20. The number of anilines is 1. The maximum Gasteiger partial charge on any atom is 0.291 e. The third-order valence-corrected chi connectivity index (χ3v) is 4.97. The van der Waals surface area contributed by atoms with E-state index in [0.29, 0.717) is 22.4 Å². The molecule has 5 aromatic rings. The number of rotatable bonds is 4. The quantitative estimate of drug-likeness (QED) is 0.475. The summed E-state index contributed by atoms with van der Waals surface area (Å²) < 4.78 is 12.9. The molecule has 0 radical (unpaired) electrons. The summed E-state index contributed by atoms with van der Waals surface area (Å²) in [7, 11) is 1.52. The van der Waals surface area contributed by atoms with Crippen LogP contribution in [0.15, 0.2) is 88.3 Å². The monoisotopic (exact) mass is 411 g/mol. The molecule has 2 aromatic carbocycles. The number of methoxy groups -OCH3 is 1. The van der Waals surface area contributed by atoms with E-state index in [9.17, 15) is 9.59 Å². The first-order valence-electron chi connectivity index (χ1n) is 9.59. The maximum absolute atomic E-state index is 12.8. The van der Waals surface area contributed by atoms with Crippen molar-refractivity contribution in [1.29, 1.82) is 0 Å². The summed E-state index contributed by atoms with van der Waals surface area (Å²) in [5.74, 6) is -0.152. The zero-order chi connectivity index (χ0) is 21.4. The Labute approximate surface area is 176 Å². The van der Waals surface area contributed by atoms with Gasteiger partial charge in [0.1, 0.15) is 17.0 Å². The molecule has 7 nitrogen and oxygen atoms in total. The van der Waals surface area contributed by atoms with E-state index in [1.807, 2.05) is 41.1 Å². The highest BCUT2D eigenvalue weighted by Gasteiger charge is 2.16. The number of nitrogens with one attached hydrogen (secondary N) is 1. The number of pyridine rings is 1. The van der Waals surface area contributed by atoms with Gasteiger partial charge >= 0.3 is 0 Å². The van der Waals surface area contributed by atoms with Crippen molar-refractivity contribution in [2.24, 2.45) is 0 Å². The van der Waals surface area contributed by atoms with Crippen LogP contribution >= 0.6 is 0 Å². The van der Waals surface area contributed by atoms with Crippen molar-refractivity contribution in [3.63, 3.8) is 0 Å². The lowest BCUT2D eigenvalue weighted by Gasteiger charge is -2.11. The number of hydrogen-bond donors (Lipinski definition) is 1. The molecule has 1 amide bonds. The highest BCUT2D eigenvalue weighted by molar-refractivity contribution is 6.04. The van der Waals surface area contributed by atoms with E-state index >= 15 is 0 Å². The Bertz CT molecular complexity index is 1470. The molecule has 0 aliphatic heterocycles. The second kappa shape index (κ2) is 7.46. The highest BCUT2D eigenvalue weighted by Crippen LogP contribution is 2.31. The fourth-order valence-corrected chi connectivity index (χ4v) is 3.44. The molecule has 0 saturated heterocycles. The normalized spacial score (nSPS) is 11.0. The third kappa shape index (κ3) is 3.42. The van der Waals surface area contributed by atoms with Crippen LogP contribution in [0.3, 0.4) is 0 Å². The minimum atomic E-state index is -0.548. The lowest BCUT2D eigenvalue weighted by Crippen LogP contribution is -2.15. The van der Waals surface area contributed by atoms with Crippen molar-refractivity contribution < 1.29 is 13.9 Å². The average molecular weight is 411 g/mol. The van der Waals surface area contributed by atoms with Gasteiger partial charge in [-0.15, -0.1) is 0 Å². The molecule has 1 N–H and O–H groups in total. The number of amides is 1. The average Bonchev–Trinajstić information content (AvgIpc) is 3.23. The molecule has 0 unspecified atom stereocenters. The lowest BCUT2D eigenvalue weighted by atomic mass is 10.1. The van der Waals surface area contributed by atoms with Gasteiger partial charge in [0, 0.05) is 24.0 Å². The number of nitrogens with zero attached hydrogens (tertiary/aromatic N) is 2. The third-order valence-electron chi connectivity index (χ3n) is 4.97. The second-order valence-electron chi connectivity index (χ2n) is 6.93. The van der Waals surface area contributed by atoms with Gasteiger partial charge in [0.05, 0.1) is 23.9 Å². The lowest BCUT2D eigenvalue weighted by molar-refractivity contribution is 0.0997. The van der Waals surface area contributed by atoms with E-state index in [2.05, 4.69) is 10.3 Å². The standard InChI is InChI=1S/C24H17N3O4/c1-30-21-10-9-15(18-14-27-11-5-4-8-23(27)25-18)12-17(21)26-24(29)22-13-19(28)16-6-2-3-7-20(16)31-22/h2-14H,1H3,(H,26,29). The Morgan fingerprint density at radius 3 is 2.74 bits per heavy atom. The van der Waals surface area contributed by atoms with Gasteiger partial charge < -0.3 is 18.9 Å². The van der Waals surface area contributed by atoms with E-state index in [0.717, 1.165) is 16.9 Å². The first-order valence-corrected chi connectivity index (χ1v) is 9.59. The number of hydrogen-bond acceptors (Lipinski definition) is 5. The van der Waals surface area contributed by atoms with Gasteiger partial charge in [-0.1, -0.05) is 18.2 Å². The maximum atomic E-state index is 12.8. The van der Waals surface area contributed by atoms with Crippen molar-refractivity contribution in [2.45, 2.75) is 0 Å². The first kappa shape index (κ1) is 18.6. The van der Waals surface area contributed by atoms with Crippen LogP contribution in [0.1, 0.15) is 10.6 Å². The number of para-hydroxylation sites is 1. The Hall–Kier alpha value is -4.39. The fourth-order valence-electron chi connectivity index (χ4n) is 3.44. The number of carbonyl (C=O) groups excluding carboxylic acids is 1. The summed E-state index contributed by atoms with van der Waals surface area (Å²) in [6.07, 6.45) is 3.82. The largest absolute Gasteiger partial charge is 0.495 e. The molecule has 0 fully saturated rings. The van der Waals surface area contributed by atoms with Crippen LogP contribution in [0.25, 0.3) is 27.9 Å². The molecule has 0 aliphatic rings. The summed E-state index contributed by atoms with van der Waals surface area (Å²) >= 11 is 0. The molecule has 0 spiro atoms. The number of carbonyl (C=O) groups is 1. The SMILES string of the molecule is COc1ccc(-c2cn3ccccc3n2)cc1NC(=O)c1cc(=O)c2ccccc2o1. The number of fused-ring (bicyclic) bond motifs is 2. The smallest absolute Gasteiger partial charge is 0.291 e. The molecule has 3 heterocycles. The molecular formula is C24H17N3O4. The second-order valence-corrected chi connectivity index (χ2v) is 6.93. The van der Waals surface area contributed by atoms with E-state index in [4.69, 9.17) is 9.15 Å². The summed E-state index contributed by atoms with van der Waals surface area (Å²) in [6.45, 7) is 0. The van der Waals surface area contributed by atoms with Crippen LogP contribution in [0.4, 0.5) is 5.69 Å². The minimum absolute atomic E-state index is 0.0797. The van der Waals surface area contributed by atoms with Gasteiger partial charge in [0.15, 0.2) is 11.2 Å². The van der Waals surface area contributed by atoms with Crippen LogP contribution in [0, 0.1) is 0 Å².